The third kappa shape index (κ3) is 1.90. The number of Topliss-reactive ketones (excluding diaryl/α,β-unsaturated/α-hetero) is 1. The van der Waals surface area contributed by atoms with E-state index in [0.717, 1.165) is 30.6 Å². The maximum Gasteiger partial charge on any atom is 0.167 e. The molecule has 0 spiro atoms. The normalized spacial score (nSPS) is 20.1. The highest BCUT2D eigenvalue weighted by Gasteiger charge is 2.24. The number of benzene rings is 1. The second kappa shape index (κ2) is 4.38. The molecule has 1 aliphatic heterocycles. The van der Waals surface area contributed by atoms with Gasteiger partial charge in [0, 0.05) is 18.0 Å². The van der Waals surface area contributed by atoms with Crippen LogP contribution in [-0.4, -0.2) is 18.9 Å². The number of rotatable bonds is 2. The molecule has 86 valence electrons. The summed E-state index contributed by atoms with van der Waals surface area (Å²) >= 11 is 0. The molecule has 0 saturated carbocycles. The van der Waals surface area contributed by atoms with E-state index in [1.807, 2.05) is 6.07 Å². The standard InChI is InChI=1S/C14H19NO/c1-9-4-5-13(11(3)10(9)2)14(16)12-6-7-15-8-12/h4-5,12,15H,6-8H2,1-3H3. The molecule has 16 heavy (non-hydrogen) atoms. The van der Waals surface area contributed by atoms with Crippen LogP contribution in [0.5, 0.6) is 0 Å². The van der Waals surface area contributed by atoms with Crippen molar-refractivity contribution in [3.63, 3.8) is 0 Å². The predicted molar refractivity (Wildman–Crippen MR) is 66.0 cm³/mol. The molecule has 1 unspecified atom stereocenters. The Morgan fingerprint density at radius 1 is 1.25 bits per heavy atom. The first-order valence-corrected chi connectivity index (χ1v) is 5.93. The lowest BCUT2D eigenvalue weighted by molar-refractivity contribution is 0.0929. The summed E-state index contributed by atoms with van der Waals surface area (Å²) in [5.74, 6) is 0.492. The van der Waals surface area contributed by atoms with E-state index in [-0.39, 0.29) is 5.92 Å². The van der Waals surface area contributed by atoms with E-state index in [0.29, 0.717) is 5.78 Å². The number of hydrogen-bond acceptors (Lipinski definition) is 2. The Balaban J connectivity index is 2.33. The summed E-state index contributed by atoms with van der Waals surface area (Å²) in [5, 5.41) is 3.25. The van der Waals surface area contributed by atoms with Crippen molar-refractivity contribution in [3.05, 3.63) is 34.4 Å². The van der Waals surface area contributed by atoms with Crippen LogP contribution in [0, 0.1) is 26.7 Å². The van der Waals surface area contributed by atoms with Crippen LogP contribution in [0.3, 0.4) is 0 Å². The molecule has 1 aromatic rings. The smallest absolute Gasteiger partial charge is 0.167 e. The highest BCUT2D eigenvalue weighted by atomic mass is 16.1. The summed E-state index contributed by atoms with van der Waals surface area (Å²) < 4.78 is 0. The number of carbonyl (C=O) groups excluding carboxylic acids is 1. The van der Waals surface area contributed by atoms with Crippen LogP contribution in [0.4, 0.5) is 0 Å². The van der Waals surface area contributed by atoms with E-state index in [1.165, 1.54) is 11.1 Å². The van der Waals surface area contributed by atoms with Crippen LogP contribution in [0.15, 0.2) is 12.1 Å². The summed E-state index contributed by atoms with van der Waals surface area (Å²) in [6, 6.07) is 4.04. The van der Waals surface area contributed by atoms with Crippen molar-refractivity contribution in [2.45, 2.75) is 27.2 Å². The minimum atomic E-state index is 0.181. The highest BCUT2D eigenvalue weighted by molar-refractivity contribution is 5.99. The molecule has 1 N–H and O–H groups in total. The third-order valence-electron chi connectivity index (χ3n) is 3.75. The minimum Gasteiger partial charge on any atom is -0.316 e. The predicted octanol–water partition coefficient (Wildman–Crippen LogP) is 2.40. The summed E-state index contributed by atoms with van der Waals surface area (Å²) in [6.07, 6.45) is 0.977. The summed E-state index contributed by atoms with van der Waals surface area (Å²) in [6.45, 7) is 8.05. The number of hydrogen-bond donors (Lipinski definition) is 1. The van der Waals surface area contributed by atoms with Crippen LogP contribution < -0.4 is 5.32 Å². The minimum absolute atomic E-state index is 0.181. The molecule has 1 atom stereocenters. The molecule has 2 nitrogen and oxygen atoms in total. The molecule has 1 aromatic carbocycles. The Bertz CT molecular complexity index is 417. The van der Waals surface area contributed by atoms with Crippen molar-refractivity contribution >= 4 is 5.78 Å². The summed E-state index contributed by atoms with van der Waals surface area (Å²) in [7, 11) is 0. The van der Waals surface area contributed by atoms with Gasteiger partial charge in [0.15, 0.2) is 5.78 Å². The number of nitrogens with one attached hydrogen (secondary N) is 1. The molecular weight excluding hydrogens is 198 g/mol. The monoisotopic (exact) mass is 217 g/mol. The Morgan fingerprint density at radius 3 is 2.62 bits per heavy atom. The van der Waals surface area contributed by atoms with Crippen molar-refractivity contribution in [1.29, 1.82) is 0 Å². The summed E-state index contributed by atoms with van der Waals surface area (Å²) in [4.78, 5) is 12.3. The molecule has 2 heteroatoms. The maximum atomic E-state index is 12.3. The van der Waals surface area contributed by atoms with Crippen LogP contribution in [0.25, 0.3) is 0 Å². The van der Waals surface area contributed by atoms with Gasteiger partial charge in [0.2, 0.25) is 0 Å². The first kappa shape index (κ1) is 11.3. The molecule has 1 saturated heterocycles. The van der Waals surface area contributed by atoms with Gasteiger partial charge >= 0.3 is 0 Å². The van der Waals surface area contributed by atoms with Crippen molar-refractivity contribution < 1.29 is 4.79 Å². The Morgan fingerprint density at radius 2 is 2.00 bits per heavy atom. The zero-order chi connectivity index (χ0) is 11.7. The Hall–Kier alpha value is -1.15. The van der Waals surface area contributed by atoms with Crippen molar-refractivity contribution in [3.8, 4) is 0 Å². The fourth-order valence-corrected chi connectivity index (χ4v) is 2.32. The average molecular weight is 217 g/mol. The molecular formula is C14H19NO. The molecule has 0 amide bonds. The van der Waals surface area contributed by atoms with Gasteiger partial charge < -0.3 is 5.32 Å². The van der Waals surface area contributed by atoms with Gasteiger partial charge in [-0.15, -0.1) is 0 Å². The van der Waals surface area contributed by atoms with Gasteiger partial charge in [0.25, 0.3) is 0 Å². The van der Waals surface area contributed by atoms with Crippen LogP contribution in [0.1, 0.15) is 33.5 Å². The average Bonchev–Trinajstić information content (AvgIpc) is 2.79. The van der Waals surface area contributed by atoms with Crippen LogP contribution >= 0.6 is 0 Å². The van der Waals surface area contributed by atoms with E-state index in [1.54, 1.807) is 0 Å². The van der Waals surface area contributed by atoms with Gasteiger partial charge in [-0.2, -0.15) is 0 Å². The van der Waals surface area contributed by atoms with E-state index in [2.05, 4.69) is 32.2 Å². The Kier molecular flexibility index (Phi) is 3.10. The third-order valence-corrected chi connectivity index (χ3v) is 3.75. The molecule has 1 aliphatic rings. The van der Waals surface area contributed by atoms with Crippen molar-refractivity contribution in [2.24, 2.45) is 5.92 Å². The largest absolute Gasteiger partial charge is 0.316 e. The maximum absolute atomic E-state index is 12.3. The lowest BCUT2D eigenvalue weighted by Gasteiger charge is -2.13. The van der Waals surface area contributed by atoms with Gasteiger partial charge in [-0.05, 0) is 50.4 Å². The zero-order valence-corrected chi connectivity index (χ0v) is 10.3. The molecule has 0 bridgehead atoms. The molecule has 1 fully saturated rings. The van der Waals surface area contributed by atoms with E-state index < -0.39 is 0 Å². The summed E-state index contributed by atoms with van der Waals surface area (Å²) in [5.41, 5.74) is 4.57. The number of aryl methyl sites for hydroxylation is 1. The van der Waals surface area contributed by atoms with Crippen LogP contribution in [0.2, 0.25) is 0 Å². The van der Waals surface area contributed by atoms with Gasteiger partial charge in [-0.25, -0.2) is 0 Å². The molecule has 2 rings (SSSR count). The molecule has 0 aromatic heterocycles. The lowest BCUT2D eigenvalue weighted by atomic mass is 9.90. The molecule has 0 radical (unpaired) electrons. The zero-order valence-electron chi connectivity index (χ0n) is 10.3. The second-order valence-electron chi connectivity index (χ2n) is 4.73. The molecule has 0 aliphatic carbocycles. The van der Waals surface area contributed by atoms with Crippen LogP contribution in [-0.2, 0) is 0 Å². The van der Waals surface area contributed by atoms with Gasteiger partial charge in [0.1, 0.15) is 0 Å². The SMILES string of the molecule is Cc1ccc(C(=O)C2CCNC2)c(C)c1C. The van der Waals surface area contributed by atoms with Crippen molar-refractivity contribution in [1.82, 2.24) is 5.32 Å². The quantitative estimate of drug-likeness (QED) is 0.771. The lowest BCUT2D eigenvalue weighted by Crippen LogP contribution is -2.19. The van der Waals surface area contributed by atoms with Gasteiger partial charge in [-0.1, -0.05) is 12.1 Å². The second-order valence-corrected chi connectivity index (χ2v) is 4.73. The first-order valence-electron chi connectivity index (χ1n) is 5.93. The molecule has 1 heterocycles. The van der Waals surface area contributed by atoms with Gasteiger partial charge in [-0.3, -0.25) is 4.79 Å². The van der Waals surface area contributed by atoms with E-state index >= 15 is 0 Å². The van der Waals surface area contributed by atoms with E-state index in [4.69, 9.17) is 0 Å². The van der Waals surface area contributed by atoms with Gasteiger partial charge in [0.05, 0.1) is 0 Å². The first-order chi connectivity index (χ1) is 7.61. The fourth-order valence-electron chi connectivity index (χ4n) is 2.32. The number of carbonyl (C=O) groups is 1. The van der Waals surface area contributed by atoms with E-state index in [9.17, 15) is 4.79 Å². The number of ketones is 1. The fraction of sp³-hybridized carbons (Fsp3) is 0.500. The highest BCUT2D eigenvalue weighted by Crippen LogP contribution is 2.22. The van der Waals surface area contributed by atoms with Crippen molar-refractivity contribution in [2.75, 3.05) is 13.1 Å². The topological polar surface area (TPSA) is 29.1 Å². The Labute approximate surface area is 97.1 Å².